The van der Waals surface area contributed by atoms with E-state index < -0.39 is 22.6 Å². The summed E-state index contributed by atoms with van der Waals surface area (Å²) in [7, 11) is -3.71. The van der Waals surface area contributed by atoms with Gasteiger partial charge in [-0.05, 0) is 31.0 Å². The first kappa shape index (κ1) is 21.3. The highest BCUT2D eigenvalue weighted by atomic mass is 32.2. The summed E-state index contributed by atoms with van der Waals surface area (Å²) in [4.78, 5) is 24.0. The van der Waals surface area contributed by atoms with Gasteiger partial charge in [-0.1, -0.05) is 19.4 Å². The van der Waals surface area contributed by atoms with Crippen molar-refractivity contribution in [3.05, 3.63) is 29.3 Å². The molecule has 1 amide bonds. The Balaban J connectivity index is 2.07. The summed E-state index contributed by atoms with van der Waals surface area (Å²) in [6, 6.07) is 4.33. The lowest BCUT2D eigenvalue weighted by molar-refractivity contribution is -0.124. The van der Waals surface area contributed by atoms with E-state index in [4.69, 9.17) is 9.47 Å². The van der Waals surface area contributed by atoms with Gasteiger partial charge in [0.05, 0.1) is 23.7 Å². The number of benzene rings is 1. The average molecular weight is 398 g/mol. The number of nitrogens with one attached hydrogen (secondary N) is 1. The second-order valence-corrected chi connectivity index (χ2v) is 8.21. The first-order valence-corrected chi connectivity index (χ1v) is 10.4. The Kier molecular flexibility index (Phi) is 7.76. The second kappa shape index (κ2) is 9.82. The topological polar surface area (TPSA) is 102 Å². The molecule has 0 unspecified atom stereocenters. The lowest BCUT2D eigenvalue weighted by Gasteiger charge is -2.26. The van der Waals surface area contributed by atoms with Gasteiger partial charge in [0, 0.05) is 19.6 Å². The molecule has 1 aliphatic rings. The first-order valence-electron chi connectivity index (χ1n) is 8.98. The van der Waals surface area contributed by atoms with Crippen molar-refractivity contribution in [2.45, 2.75) is 31.6 Å². The third kappa shape index (κ3) is 5.75. The van der Waals surface area contributed by atoms with Gasteiger partial charge in [0.1, 0.15) is 0 Å². The molecule has 8 nitrogen and oxygen atoms in total. The molecule has 1 N–H and O–H groups in total. The van der Waals surface area contributed by atoms with Crippen LogP contribution in [0.4, 0.5) is 0 Å². The van der Waals surface area contributed by atoms with Crippen LogP contribution >= 0.6 is 0 Å². The summed E-state index contributed by atoms with van der Waals surface area (Å²) >= 11 is 0. The minimum absolute atomic E-state index is 0.0225. The average Bonchev–Trinajstić information content (AvgIpc) is 2.67. The molecule has 1 aromatic rings. The predicted molar refractivity (Wildman–Crippen MR) is 99.0 cm³/mol. The van der Waals surface area contributed by atoms with Gasteiger partial charge >= 0.3 is 5.97 Å². The fourth-order valence-electron chi connectivity index (χ4n) is 2.58. The van der Waals surface area contributed by atoms with Gasteiger partial charge in [0.25, 0.3) is 5.91 Å². The minimum Gasteiger partial charge on any atom is -0.452 e. The van der Waals surface area contributed by atoms with Crippen LogP contribution in [0.3, 0.4) is 0 Å². The molecule has 0 aromatic heterocycles. The molecule has 150 valence electrons. The zero-order valence-corrected chi connectivity index (χ0v) is 16.5. The number of morpholine rings is 1. The van der Waals surface area contributed by atoms with Crippen LogP contribution in [0.5, 0.6) is 0 Å². The standard InChI is InChI=1S/C18H26N2O6S/c1-3-4-7-19-17(21)13-26-18(22)16-12-15(6-5-14(16)2)27(23,24)20-8-10-25-11-9-20/h5-6,12H,3-4,7-11,13H2,1-2H3,(H,19,21). The van der Waals surface area contributed by atoms with Crippen LogP contribution < -0.4 is 5.32 Å². The van der Waals surface area contributed by atoms with E-state index in [1.54, 1.807) is 13.0 Å². The lowest BCUT2D eigenvalue weighted by atomic mass is 10.1. The number of rotatable bonds is 8. The van der Waals surface area contributed by atoms with E-state index in [-0.39, 0.29) is 29.5 Å². The molecule has 1 aromatic carbocycles. The van der Waals surface area contributed by atoms with Crippen LogP contribution in [0, 0.1) is 6.92 Å². The molecule has 27 heavy (non-hydrogen) atoms. The van der Waals surface area contributed by atoms with Crippen molar-refractivity contribution in [3.63, 3.8) is 0 Å². The van der Waals surface area contributed by atoms with Crippen molar-refractivity contribution in [2.75, 3.05) is 39.5 Å². The van der Waals surface area contributed by atoms with Gasteiger partial charge in [0.15, 0.2) is 6.61 Å². The van der Waals surface area contributed by atoms with Gasteiger partial charge in [-0.3, -0.25) is 4.79 Å². The highest BCUT2D eigenvalue weighted by molar-refractivity contribution is 7.89. The van der Waals surface area contributed by atoms with Gasteiger partial charge in [-0.25, -0.2) is 13.2 Å². The molecule has 0 saturated carbocycles. The zero-order valence-electron chi connectivity index (χ0n) is 15.7. The van der Waals surface area contributed by atoms with E-state index >= 15 is 0 Å². The molecule has 9 heteroatoms. The lowest BCUT2D eigenvalue weighted by Crippen LogP contribution is -2.40. The maximum absolute atomic E-state index is 12.7. The number of ether oxygens (including phenoxy) is 2. The molecule has 0 bridgehead atoms. The van der Waals surface area contributed by atoms with Crippen LogP contribution in [-0.4, -0.2) is 64.1 Å². The first-order chi connectivity index (χ1) is 12.9. The number of esters is 1. The highest BCUT2D eigenvalue weighted by Crippen LogP contribution is 2.21. The van der Waals surface area contributed by atoms with Crippen molar-refractivity contribution in [2.24, 2.45) is 0 Å². The van der Waals surface area contributed by atoms with Crippen LogP contribution in [0.15, 0.2) is 23.1 Å². The van der Waals surface area contributed by atoms with E-state index in [9.17, 15) is 18.0 Å². The van der Waals surface area contributed by atoms with Crippen molar-refractivity contribution in [1.82, 2.24) is 9.62 Å². The Morgan fingerprint density at radius 1 is 1.26 bits per heavy atom. The van der Waals surface area contributed by atoms with Crippen molar-refractivity contribution in [3.8, 4) is 0 Å². The monoisotopic (exact) mass is 398 g/mol. The van der Waals surface area contributed by atoms with Gasteiger partial charge < -0.3 is 14.8 Å². The Morgan fingerprint density at radius 3 is 2.63 bits per heavy atom. The SMILES string of the molecule is CCCCNC(=O)COC(=O)c1cc(S(=O)(=O)N2CCOCC2)ccc1C. The van der Waals surface area contributed by atoms with Crippen molar-refractivity contribution in [1.29, 1.82) is 0 Å². The zero-order chi connectivity index (χ0) is 19.9. The summed E-state index contributed by atoms with van der Waals surface area (Å²) in [5.41, 5.74) is 0.706. The number of unbranched alkanes of at least 4 members (excludes halogenated alkanes) is 1. The molecule has 1 aliphatic heterocycles. The van der Waals surface area contributed by atoms with Gasteiger partial charge in [-0.15, -0.1) is 0 Å². The van der Waals surface area contributed by atoms with E-state index in [0.29, 0.717) is 25.3 Å². The van der Waals surface area contributed by atoms with Crippen LogP contribution in [-0.2, 0) is 24.3 Å². The van der Waals surface area contributed by atoms with Crippen LogP contribution in [0.25, 0.3) is 0 Å². The smallest absolute Gasteiger partial charge is 0.338 e. The summed E-state index contributed by atoms with van der Waals surface area (Å²) in [5, 5.41) is 2.65. The summed E-state index contributed by atoms with van der Waals surface area (Å²) in [6.45, 7) is 5.04. The number of nitrogens with zero attached hydrogens (tertiary/aromatic N) is 1. The molecule has 0 spiro atoms. The predicted octanol–water partition coefficient (Wildman–Crippen LogP) is 1.09. The van der Waals surface area contributed by atoms with Crippen molar-refractivity contribution < 1.29 is 27.5 Å². The van der Waals surface area contributed by atoms with Gasteiger partial charge in [0.2, 0.25) is 10.0 Å². The molecule has 1 heterocycles. The van der Waals surface area contributed by atoms with Crippen molar-refractivity contribution >= 4 is 21.9 Å². The third-order valence-corrected chi connectivity index (χ3v) is 6.12. The number of sulfonamides is 1. The van der Waals surface area contributed by atoms with E-state index in [1.807, 2.05) is 6.92 Å². The van der Waals surface area contributed by atoms with E-state index in [2.05, 4.69) is 5.32 Å². The van der Waals surface area contributed by atoms with Gasteiger partial charge in [-0.2, -0.15) is 4.31 Å². The molecular weight excluding hydrogens is 372 g/mol. The summed E-state index contributed by atoms with van der Waals surface area (Å²) in [5.74, 6) is -1.11. The number of carbonyl (C=O) groups excluding carboxylic acids is 2. The van der Waals surface area contributed by atoms with Crippen LogP contribution in [0.2, 0.25) is 0 Å². The molecule has 0 radical (unpaired) electrons. The molecule has 0 aliphatic carbocycles. The number of hydrogen-bond donors (Lipinski definition) is 1. The Hall–Kier alpha value is -1.97. The third-order valence-electron chi connectivity index (χ3n) is 4.22. The molecule has 0 atom stereocenters. The normalized spacial score (nSPS) is 15.3. The number of carbonyl (C=O) groups is 2. The largest absolute Gasteiger partial charge is 0.452 e. The number of hydrogen-bond acceptors (Lipinski definition) is 6. The minimum atomic E-state index is -3.71. The molecule has 1 fully saturated rings. The Labute approximate surface area is 159 Å². The highest BCUT2D eigenvalue weighted by Gasteiger charge is 2.27. The summed E-state index contributed by atoms with van der Waals surface area (Å²) in [6.07, 6.45) is 1.80. The second-order valence-electron chi connectivity index (χ2n) is 6.27. The summed E-state index contributed by atoms with van der Waals surface area (Å²) < 4.78 is 37.0. The number of aryl methyl sites for hydroxylation is 1. The van der Waals surface area contributed by atoms with Crippen LogP contribution in [0.1, 0.15) is 35.7 Å². The maximum atomic E-state index is 12.7. The fourth-order valence-corrected chi connectivity index (χ4v) is 4.02. The molecular formula is C18H26N2O6S. The maximum Gasteiger partial charge on any atom is 0.338 e. The molecule has 2 rings (SSSR count). The molecule has 1 saturated heterocycles. The van der Waals surface area contributed by atoms with E-state index in [0.717, 1.165) is 12.8 Å². The number of amides is 1. The fraction of sp³-hybridized carbons (Fsp3) is 0.556. The quantitative estimate of drug-likeness (QED) is 0.519. The van der Waals surface area contributed by atoms with E-state index in [1.165, 1.54) is 16.4 Å². The Morgan fingerprint density at radius 2 is 1.96 bits per heavy atom. The Bertz CT molecular complexity index is 772.